The summed E-state index contributed by atoms with van der Waals surface area (Å²) in [5.41, 5.74) is 1.52. The van der Waals surface area contributed by atoms with Crippen LogP contribution in [-0.2, 0) is 6.54 Å². The van der Waals surface area contributed by atoms with Crippen LogP contribution < -0.4 is 10.0 Å². The van der Waals surface area contributed by atoms with E-state index in [2.05, 4.69) is 20.0 Å². The van der Waals surface area contributed by atoms with Crippen LogP contribution in [0.4, 0.5) is 18.9 Å². The lowest BCUT2D eigenvalue weighted by Gasteiger charge is -2.23. The zero-order valence-electron chi connectivity index (χ0n) is 13.8. The molecule has 0 atom stereocenters. The van der Waals surface area contributed by atoms with Crippen molar-refractivity contribution in [3.8, 4) is 11.1 Å². The second kappa shape index (κ2) is 7.32. The first-order chi connectivity index (χ1) is 13.1. The number of fused-ring (bicyclic) bond motifs is 1. The molecule has 1 aliphatic heterocycles. The Morgan fingerprint density at radius 3 is 2.70 bits per heavy atom. The molecule has 0 saturated heterocycles. The van der Waals surface area contributed by atoms with E-state index in [1.807, 2.05) is 24.3 Å². The van der Waals surface area contributed by atoms with Gasteiger partial charge in [0.25, 0.3) is 0 Å². The highest BCUT2D eigenvalue weighted by molar-refractivity contribution is 7.98. The molecule has 0 fully saturated rings. The molecule has 0 spiro atoms. The third-order valence-electron chi connectivity index (χ3n) is 3.94. The molecule has 4 nitrogen and oxygen atoms in total. The SMILES string of the molecule is Fc1cc(F)c(F)c(-c2cccc3c2NC(=NCc2ccccn2)NS3)c1. The predicted octanol–water partition coefficient (Wildman–Crippen LogP) is 4.74. The van der Waals surface area contributed by atoms with Crippen LogP contribution >= 0.6 is 11.9 Å². The topological polar surface area (TPSA) is 49.3 Å². The first-order valence-electron chi connectivity index (χ1n) is 8.04. The van der Waals surface area contributed by atoms with Crippen molar-refractivity contribution in [2.24, 2.45) is 4.99 Å². The third kappa shape index (κ3) is 3.61. The number of halogens is 3. The molecule has 0 saturated carbocycles. The van der Waals surface area contributed by atoms with E-state index in [0.29, 0.717) is 29.8 Å². The molecular weight excluding hydrogens is 373 g/mol. The lowest BCUT2D eigenvalue weighted by Crippen LogP contribution is -2.29. The number of benzene rings is 2. The van der Waals surface area contributed by atoms with Gasteiger partial charge >= 0.3 is 0 Å². The van der Waals surface area contributed by atoms with Crippen LogP contribution in [0.25, 0.3) is 11.1 Å². The number of rotatable bonds is 3. The predicted molar refractivity (Wildman–Crippen MR) is 99.7 cm³/mol. The van der Waals surface area contributed by atoms with Crippen LogP contribution in [0.1, 0.15) is 5.69 Å². The molecule has 0 unspecified atom stereocenters. The summed E-state index contributed by atoms with van der Waals surface area (Å²) in [6, 6.07) is 12.2. The molecule has 2 heterocycles. The Kier molecular flexibility index (Phi) is 4.72. The first kappa shape index (κ1) is 17.4. The van der Waals surface area contributed by atoms with Gasteiger partial charge in [0, 0.05) is 23.4 Å². The van der Waals surface area contributed by atoms with Gasteiger partial charge in [-0.05, 0) is 36.2 Å². The van der Waals surface area contributed by atoms with Gasteiger partial charge in [0.15, 0.2) is 11.6 Å². The molecule has 1 aliphatic rings. The van der Waals surface area contributed by atoms with Crippen molar-refractivity contribution in [1.29, 1.82) is 0 Å². The highest BCUT2D eigenvalue weighted by atomic mass is 32.2. The lowest BCUT2D eigenvalue weighted by atomic mass is 10.0. The summed E-state index contributed by atoms with van der Waals surface area (Å²) in [6.07, 6.45) is 1.68. The van der Waals surface area contributed by atoms with Crippen molar-refractivity contribution < 1.29 is 13.2 Å². The molecule has 4 rings (SSSR count). The summed E-state index contributed by atoms with van der Waals surface area (Å²) in [5, 5.41) is 3.08. The van der Waals surface area contributed by atoms with E-state index >= 15 is 0 Å². The van der Waals surface area contributed by atoms with Gasteiger partial charge < -0.3 is 5.32 Å². The zero-order chi connectivity index (χ0) is 18.8. The molecule has 2 aromatic carbocycles. The molecular formula is C19H13F3N4S. The van der Waals surface area contributed by atoms with E-state index in [-0.39, 0.29) is 5.56 Å². The monoisotopic (exact) mass is 386 g/mol. The van der Waals surface area contributed by atoms with Gasteiger partial charge in [0.2, 0.25) is 5.96 Å². The number of anilines is 1. The van der Waals surface area contributed by atoms with Crippen molar-refractivity contribution in [2.45, 2.75) is 11.4 Å². The molecule has 8 heteroatoms. The van der Waals surface area contributed by atoms with Crippen molar-refractivity contribution in [1.82, 2.24) is 9.71 Å². The summed E-state index contributed by atoms with van der Waals surface area (Å²) in [7, 11) is 0. The van der Waals surface area contributed by atoms with Crippen LogP contribution in [0, 0.1) is 17.5 Å². The molecule has 27 heavy (non-hydrogen) atoms. The van der Waals surface area contributed by atoms with Gasteiger partial charge in [-0.3, -0.25) is 9.71 Å². The Bertz CT molecular complexity index is 1020. The van der Waals surface area contributed by atoms with Crippen LogP contribution in [-0.4, -0.2) is 10.9 Å². The van der Waals surface area contributed by atoms with Gasteiger partial charge in [-0.1, -0.05) is 18.2 Å². The molecule has 1 aromatic heterocycles. The van der Waals surface area contributed by atoms with Crippen molar-refractivity contribution in [2.75, 3.05) is 5.32 Å². The minimum atomic E-state index is -1.23. The van der Waals surface area contributed by atoms with E-state index in [1.165, 1.54) is 11.9 Å². The number of pyridine rings is 1. The van der Waals surface area contributed by atoms with Gasteiger partial charge in [-0.15, -0.1) is 0 Å². The number of aromatic nitrogens is 1. The largest absolute Gasteiger partial charge is 0.324 e. The number of para-hydroxylation sites is 1. The molecule has 3 aromatic rings. The van der Waals surface area contributed by atoms with Gasteiger partial charge in [-0.25, -0.2) is 18.2 Å². The summed E-state index contributed by atoms with van der Waals surface area (Å²) in [4.78, 5) is 9.37. The molecule has 2 N–H and O–H groups in total. The first-order valence-corrected chi connectivity index (χ1v) is 8.85. The maximum absolute atomic E-state index is 14.3. The van der Waals surface area contributed by atoms with E-state index in [9.17, 15) is 13.2 Å². The summed E-state index contributed by atoms with van der Waals surface area (Å²) >= 11 is 1.28. The zero-order valence-corrected chi connectivity index (χ0v) is 14.7. The fourth-order valence-corrected chi connectivity index (χ4v) is 3.42. The summed E-state index contributed by atoms with van der Waals surface area (Å²) < 4.78 is 44.6. The fraction of sp³-hybridized carbons (Fsp3) is 0.0526. The summed E-state index contributed by atoms with van der Waals surface area (Å²) in [5.74, 6) is -2.72. The number of nitrogens with zero attached hydrogens (tertiary/aromatic N) is 2. The molecule has 0 radical (unpaired) electrons. The van der Waals surface area contributed by atoms with Crippen LogP contribution in [0.2, 0.25) is 0 Å². The van der Waals surface area contributed by atoms with E-state index < -0.39 is 17.5 Å². The van der Waals surface area contributed by atoms with Crippen molar-refractivity contribution in [3.05, 3.63) is 77.9 Å². The molecule has 0 aliphatic carbocycles. The minimum Gasteiger partial charge on any atom is -0.324 e. The van der Waals surface area contributed by atoms with Crippen LogP contribution in [0.15, 0.2) is 64.6 Å². The Labute approximate surface area is 157 Å². The smallest absolute Gasteiger partial charge is 0.206 e. The Hall–Kier alpha value is -3.00. The Morgan fingerprint density at radius 2 is 1.89 bits per heavy atom. The number of guanidine groups is 1. The molecule has 136 valence electrons. The maximum Gasteiger partial charge on any atom is 0.206 e. The second-order valence-corrected chi connectivity index (χ2v) is 6.59. The Balaban J connectivity index is 1.69. The molecule has 0 amide bonds. The number of aliphatic imine (C=N–C) groups is 1. The van der Waals surface area contributed by atoms with Crippen LogP contribution in [0.3, 0.4) is 0 Å². The van der Waals surface area contributed by atoms with Crippen LogP contribution in [0.5, 0.6) is 0 Å². The normalized spacial score (nSPS) is 14.4. The number of nitrogens with one attached hydrogen (secondary N) is 2. The average molecular weight is 386 g/mol. The minimum absolute atomic E-state index is 0.150. The summed E-state index contributed by atoms with van der Waals surface area (Å²) in [6.45, 7) is 0.344. The lowest BCUT2D eigenvalue weighted by molar-refractivity contribution is 0.497. The number of hydrogen-bond acceptors (Lipinski definition) is 3. The standard InChI is InChI=1S/C19H13F3N4S/c20-11-8-14(17(22)15(21)9-11)13-5-3-6-16-18(13)25-19(26-27-16)24-10-12-4-1-2-7-23-12/h1-9H,10H2,(H2,24,25,26). The maximum atomic E-state index is 14.3. The van der Waals surface area contributed by atoms with E-state index in [1.54, 1.807) is 18.3 Å². The Morgan fingerprint density at radius 1 is 1.00 bits per heavy atom. The van der Waals surface area contributed by atoms with Crippen molar-refractivity contribution >= 4 is 23.6 Å². The number of hydrogen-bond donors (Lipinski definition) is 2. The van der Waals surface area contributed by atoms with Gasteiger partial charge in [-0.2, -0.15) is 0 Å². The fourth-order valence-electron chi connectivity index (χ4n) is 2.69. The third-order valence-corrected chi connectivity index (χ3v) is 4.79. The van der Waals surface area contributed by atoms with Crippen molar-refractivity contribution in [3.63, 3.8) is 0 Å². The van der Waals surface area contributed by atoms with Gasteiger partial charge in [0.05, 0.1) is 22.8 Å². The second-order valence-electron chi connectivity index (χ2n) is 5.74. The van der Waals surface area contributed by atoms with Gasteiger partial charge in [0.1, 0.15) is 5.82 Å². The van der Waals surface area contributed by atoms with E-state index in [0.717, 1.165) is 16.7 Å². The highest BCUT2D eigenvalue weighted by Gasteiger charge is 2.21. The van der Waals surface area contributed by atoms with E-state index in [4.69, 9.17) is 0 Å². The highest BCUT2D eigenvalue weighted by Crippen LogP contribution is 2.39. The molecule has 0 bridgehead atoms. The quantitative estimate of drug-likeness (QED) is 0.504. The average Bonchev–Trinajstić information content (AvgIpc) is 2.69.